The molecule has 0 saturated carbocycles. The summed E-state index contributed by atoms with van der Waals surface area (Å²) in [4.78, 5) is 20.9. The van der Waals surface area contributed by atoms with Crippen molar-refractivity contribution in [2.24, 2.45) is 5.73 Å². The van der Waals surface area contributed by atoms with E-state index in [0.717, 1.165) is 0 Å². The maximum atomic E-state index is 13.3. The van der Waals surface area contributed by atoms with E-state index >= 15 is 0 Å². The Morgan fingerprint density at radius 3 is 2.16 bits per heavy atom. The third kappa shape index (κ3) is 6.08. The highest BCUT2D eigenvalue weighted by Gasteiger charge is 2.21. The molecule has 0 aliphatic heterocycles. The Hall–Kier alpha value is -4.46. The summed E-state index contributed by atoms with van der Waals surface area (Å²) in [6, 6.07) is 16.5. The van der Waals surface area contributed by atoms with E-state index in [4.69, 9.17) is 20.3 Å². The van der Waals surface area contributed by atoms with E-state index in [-0.39, 0.29) is 22.2 Å². The van der Waals surface area contributed by atoms with Crippen LogP contribution in [0.5, 0.6) is 11.5 Å². The molecule has 4 rings (SSSR count). The van der Waals surface area contributed by atoms with Gasteiger partial charge in [-0.1, -0.05) is 18.2 Å². The molecule has 0 bridgehead atoms. The van der Waals surface area contributed by atoms with E-state index in [0.29, 0.717) is 28.2 Å². The topological polar surface area (TPSA) is 178 Å². The summed E-state index contributed by atoms with van der Waals surface area (Å²) in [6.07, 6.45) is 0. The first-order valence-corrected chi connectivity index (χ1v) is 12.8. The number of methoxy groups -OCH3 is 2. The number of aliphatic hydroxyl groups excluding tert-OH is 1. The number of nitrogens with zero attached hydrogens (tertiary/aromatic N) is 2. The van der Waals surface area contributed by atoms with Gasteiger partial charge in [0, 0.05) is 29.6 Å². The lowest BCUT2D eigenvalue weighted by atomic mass is 10.2. The molecule has 1 atom stereocenters. The van der Waals surface area contributed by atoms with Gasteiger partial charge in [-0.25, -0.2) is 18.4 Å². The van der Waals surface area contributed by atoms with Crippen LogP contribution in [0.4, 0.5) is 23.0 Å². The quantitative estimate of drug-likeness (QED) is 0.201. The summed E-state index contributed by atoms with van der Waals surface area (Å²) < 4.78 is 39.8. The predicted octanol–water partition coefficient (Wildman–Crippen LogP) is 2.45. The molecule has 38 heavy (non-hydrogen) atoms. The van der Waals surface area contributed by atoms with Crippen molar-refractivity contribution in [3.8, 4) is 11.5 Å². The van der Waals surface area contributed by atoms with E-state index in [2.05, 4.69) is 25.3 Å². The Morgan fingerprint density at radius 2 is 1.55 bits per heavy atom. The number of para-hydroxylation sites is 2. The van der Waals surface area contributed by atoms with Crippen LogP contribution in [0, 0.1) is 0 Å². The molecule has 198 valence electrons. The van der Waals surface area contributed by atoms with Crippen LogP contribution in [0.25, 0.3) is 11.0 Å². The number of benzene rings is 3. The first kappa shape index (κ1) is 26.6. The molecule has 0 unspecified atom stereocenters. The zero-order valence-electron chi connectivity index (χ0n) is 20.5. The largest absolute Gasteiger partial charge is 0.497 e. The summed E-state index contributed by atoms with van der Waals surface area (Å²) >= 11 is 0. The Morgan fingerprint density at radius 1 is 0.921 bits per heavy atom. The highest BCUT2D eigenvalue weighted by molar-refractivity contribution is 7.92. The summed E-state index contributed by atoms with van der Waals surface area (Å²) in [5.74, 6) is 0.462. The van der Waals surface area contributed by atoms with Crippen LogP contribution in [0.1, 0.15) is 0 Å². The summed E-state index contributed by atoms with van der Waals surface area (Å²) in [7, 11) is -1.15. The summed E-state index contributed by atoms with van der Waals surface area (Å²) in [6.45, 7) is -0.555. The highest BCUT2D eigenvalue weighted by Crippen LogP contribution is 2.31. The van der Waals surface area contributed by atoms with E-state index in [1.807, 2.05) is 0 Å². The van der Waals surface area contributed by atoms with Crippen LogP contribution in [-0.4, -0.2) is 56.3 Å². The van der Waals surface area contributed by atoms with Crippen molar-refractivity contribution in [3.63, 3.8) is 0 Å². The molecule has 1 heterocycles. The molecule has 6 N–H and O–H groups in total. The first-order valence-electron chi connectivity index (χ1n) is 11.3. The lowest BCUT2D eigenvalue weighted by molar-refractivity contribution is -0.118. The molecule has 1 aromatic heterocycles. The maximum Gasteiger partial charge on any atom is 0.263 e. The van der Waals surface area contributed by atoms with Crippen molar-refractivity contribution in [2.75, 3.05) is 36.2 Å². The van der Waals surface area contributed by atoms with Gasteiger partial charge >= 0.3 is 0 Å². The molecule has 0 saturated heterocycles. The Bertz CT molecular complexity index is 1560. The van der Waals surface area contributed by atoms with Crippen LogP contribution >= 0.6 is 0 Å². The first-order chi connectivity index (χ1) is 18.2. The van der Waals surface area contributed by atoms with Crippen LogP contribution < -0.4 is 30.6 Å². The normalized spacial score (nSPS) is 12.0. The molecule has 12 nitrogen and oxygen atoms in total. The second-order valence-electron chi connectivity index (χ2n) is 8.05. The molecular formula is C25H26N6O6S. The zero-order chi connectivity index (χ0) is 27.3. The number of anilines is 4. The molecule has 1 amide bonds. The van der Waals surface area contributed by atoms with Crippen molar-refractivity contribution in [1.82, 2.24) is 9.97 Å². The van der Waals surface area contributed by atoms with Crippen molar-refractivity contribution in [1.29, 1.82) is 0 Å². The number of carbonyl (C=O) groups is 1. The number of amides is 1. The second kappa shape index (κ2) is 11.3. The standard InChI is InChI=1S/C25H26N6O6S/c1-36-17-10-16(11-18(13-17)37-2)27-23-24(30-22-9-4-3-8-21(22)29-23)31-38(34,35)19-7-5-6-15(12-19)28-25(33)20(26)14-32/h3-13,20,32H,14,26H2,1-2H3,(H,27,29)(H,28,33)(H,30,31)/t20-/m1/s1. The lowest BCUT2D eigenvalue weighted by Crippen LogP contribution is -2.38. The molecule has 0 spiro atoms. The number of hydrogen-bond donors (Lipinski definition) is 5. The maximum absolute atomic E-state index is 13.3. The van der Waals surface area contributed by atoms with Crippen LogP contribution in [0.2, 0.25) is 0 Å². The number of nitrogens with one attached hydrogen (secondary N) is 3. The van der Waals surface area contributed by atoms with Gasteiger partial charge in [-0.15, -0.1) is 0 Å². The van der Waals surface area contributed by atoms with Crippen LogP contribution in [0.3, 0.4) is 0 Å². The number of fused-ring (bicyclic) bond motifs is 1. The number of carbonyl (C=O) groups excluding carboxylic acids is 1. The van der Waals surface area contributed by atoms with Crippen molar-refractivity contribution >= 4 is 50.0 Å². The molecule has 13 heteroatoms. The van der Waals surface area contributed by atoms with Crippen molar-refractivity contribution in [2.45, 2.75) is 10.9 Å². The van der Waals surface area contributed by atoms with E-state index in [9.17, 15) is 13.2 Å². The lowest BCUT2D eigenvalue weighted by Gasteiger charge is -2.15. The number of aromatic nitrogens is 2. The fraction of sp³-hybridized carbons (Fsp3) is 0.160. The van der Waals surface area contributed by atoms with Crippen molar-refractivity contribution in [3.05, 3.63) is 66.7 Å². The Balaban J connectivity index is 1.71. The minimum absolute atomic E-state index is 0.0535. The van der Waals surface area contributed by atoms with E-state index in [1.165, 1.54) is 38.5 Å². The molecule has 3 aromatic carbocycles. The molecular weight excluding hydrogens is 512 g/mol. The third-order valence-corrected chi connectivity index (χ3v) is 6.70. The SMILES string of the molecule is COc1cc(Nc2nc3ccccc3nc2NS(=O)(=O)c2cccc(NC(=O)[C@H](N)CO)c2)cc(OC)c1. The van der Waals surface area contributed by atoms with Crippen LogP contribution in [-0.2, 0) is 14.8 Å². The van der Waals surface area contributed by atoms with Gasteiger partial charge in [-0.05, 0) is 30.3 Å². The third-order valence-electron chi connectivity index (χ3n) is 5.36. The summed E-state index contributed by atoms with van der Waals surface area (Å²) in [5, 5.41) is 14.6. The number of rotatable bonds is 10. The minimum atomic E-state index is -4.18. The van der Waals surface area contributed by atoms with Gasteiger partial charge < -0.3 is 30.9 Å². The molecule has 0 aliphatic rings. The number of ether oxygens (including phenoxy) is 2. The zero-order valence-corrected chi connectivity index (χ0v) is 21.3. The smallest absolute Gasteiger partial charge is 0.263 e. The minimum Gasteiger partial charge on any atom is -0.497 e. The number of aliphatic hydroxyl groups is 1. The van der Waals surface area contributed by atoms with E-state index in [1.54, 1.807) is 42.5 Å². The van der Waals surface area contributed by atoms with Gasteiger partial charge in [-0.2, -0.15) is 0 Å². The fourth-order valence-corrected chi connectivity index (χ4v) is 4.47. The molecule has 4 aromatic rings. The average molecular weight is 539 g/mol. The van der Waals surface area contributed by atoms with E-state index < -0.39 is 28.6 Å². The molecule has 0 aliphatic carbocycles. The van der Waals surface area contributed by atoms with Gasteiger partial charge in [0.2, 0.25) is 5.91 Å². The van der Waals surface area contributed by atoms with Crippen molar-refractivity contribution < 1.29 is 27.8 Å². The van der Waals surface area contributed by atoms with Gasteiger partial charge in [0.1, 0.15) is 17.5 Å². The fourth-order valence-electron chi connectivity index (χ4n) is 3.42. The number of sulfonamides is 1. The molecule has 0 radical (unpaired) electrons. The van der Waals surface area contributed by atoms with Crippen LogP contribution in [0.15, 0.2) is 71.6 Å². The Kier molecular flexibility index (Phi) is 7.90. The number of hydrogen-bond acceptors (Lipinski definition) is 10. The average Bonchev–Trinajstić information content (AvgIpc) is 2.92. The summed E-state index contributed by atoms with van der Waals surface area (Å²) in [5.41, 5.74) is 7.24. The van der Waals surface area contributed by atoms with Gasteiger partial charge in [0.15, 0.2) is 11.6 Å². The highest BCUT2D eigenvalue weighted by atomic mass is 32.2. The van der Waals surface area contributed by atoms with Gasteiger partial charge in [-0.3, -0.25) is 9.52 Å². The second-order valence-corrected chi connectivity index (χ2v) is 9.73. The number of nitrogens with two attached hydrogens (primary N) is 1. The predicted molar refractivity (Wildman–Crippen MR) is 143 cm³/mol. The Labute approximate surface area is 218 Å². The monoisotopic (exact) mass is 538 g/mol. The molecule has 0 fully saturated rings. The van der Waals surface area contributed by atoms with Gasteiger partial charge in [0.05, 0.1) is 36.8 Å². The van der Waals surface area contributed by atoms with Gasteiger partial charge in [0.25, 0.3) is 10.0 Å².